The summed E-state index contributed by atoms with van der Waals surface area (Å²) in [4.78, 5) is 12.9. The van der Waals surface area contributed by atoms with Crippen LogP contribution in [0.1, 0.15) is 13.3 Å². The predicted octanol–water partition coefficient (Wildman–Crippen LogP) is 0.189. The number of carboxylic acids is 1. The van der Waals surface area contributed by atoms with E-state index in [4.69, 9.17) is 0 Å². The van der Waals surface area contributed by atoms with Gasteiger partial charge in [0.25, 0.3) is 0 Å². The molecule has 2 atom stereocenters. The Hall–Kier alpha value is -1.09. The van der Waals surface area contributed by atoms with Gasteiger partial charge in [0.05, 0.1) is 11.5 Å². The van der Waals surface area contributed by atoms with Crippen LogP contribution in [0.5, 0.6) is 0 Å². The van der Waals surface area contributed by atoms with Crippen molar-refractivity contribution in [2.24, 2.45) is 5.92 Å². The third-order valence-electron chi connectivity index (χ3n) is 2.99. The molecular formula is C11H16NO2-. The van der Waals surface area contributed by atoms with Crippen LogP contribution in [-0.4, -0.2) is 30.5 Å². The molecule has 1 aliphatic carbocycles. The molecule has 2 unspecified atom stereocenters. The third kappa shape index (κ3) is 1.60. The maximum Gasteiger partial charge on any atom is 0.0505 e. The topological polar surface area (TPSA) is 43.4 Å². The van der Waals surface area contributed by atoms with E-state index in [2.05, 4.69) is 0 Å². The summed E-state index contributed by atoms with van der Waals surface area (Å²) in [6.07, 6.45) is 8.03. The number of carboxylic acid groups (broad SMARTS) is 1. The zero-order valence-corrected chi connectivity index (χ0v) is 8.86. The Morgan fingerprint density at radius 3 is 2.50 bits per heavy atom. The molecule has 0 aromatic rings. The number of aliphatic carboxylic acids is 1. The van der Waals surface area contributed by atoms with Crippen LogP contribution in [0.3, 0.4) is 0 Å². The molecule has 14 heavy (non-hydrogen) atoms. The first kappa shape index (κ1) is 11.0. The zero-order valence-electron chi connectivity index (χ0n) is 8.86. The molecule has 0 bridgehead atoms. The Labute approximate surface area is 84.7 Å². The standard InChI is InChI=1S/C11H17NO2/c1-4-11(12(2)3)8-6-5-7-9(11)10(13)14/h5-9H,4H2,1-3H3,(H,13,14)/p-1. The van der Waals surface area contributed by atoms with Crippen LogP contribution in [0.4, 0.5) is 0 Å². The number of rotatable bonds is 3. The van der Waals surface area contributed by atoms with Crippen molar-refractivity contribution >= 4 is 5.97 Å². The molecule has 3 heteroatoms. The van der Waals surface area contributed by atoms with Gasteiger partial charge in [0.2, 0.25) is 0 Å². The monoisotopic (exact) mass is 194 g/mol. The molecular weight excluding hydrogens is 178 g/mol. The molecule has 0 heterocycles. The molecule has 3 nitrogen and oxygen atoms in total. The second-order valence-electron chi connectivity index (χ2n) is 3.78. The first-order valence-corrected chi connectivity index (χ1v) is 4.79. The van der Waals surface area contributed by atoms with Crippen LogP contribution in [0.15, 0.2) is 24.3 Å². The predicted molar refractivity (Wildman–Crippen MR) is 53.5 cm³/mol. The van der Waals surface area contributed by atoms with Crippen LogP contribution in [0.2, 0.25) is 0 Å². The van der Waals surface area contributed by atoms with Crippen LogP contribution in [0.25, 0.3) is 0 Å². The van der Waals surface area contributed by atoms with Gasteiger partial charge < -0.3 is 9.90 Å². The molecule has 1 aliphatic rings. The highest BCUT2D eigenvalue weighted by Crippen LogP contribution is 2.31. The van der Waals surface area contributed by atoms with Crippen LogP contribution < -0.4 is 5.11 Å². The SMILES string of the molecule is CCC1(N(C)C)C=CC=CC1C(=O)[O-]. The van der Waals surface area contributed by atoms with E-state index in [1.807, 2.05) is 38.1 Å². The lowest BCUT2D eigenvalue weighted by Gasteiger charge is -2.43. The zero-order chi connectivity index (χ0) is 10.8. The largest absolute Gasteiger partial charge is 0.549 e. The van der Waals surface area contributed by atoms with E-state index < -0.39 is 17.4 Å². The number of allylic oxidation sites excluding steroid dienone is 2. The summed E-state index contributed by atoms with van der Waals surface area (Å²) in [5.74, 6) is -1.58. The van der Waals surface area contributed by atoms with Crippen LogP contribution in [0, 0.1) is 5.92 Å². The van der Waals surface area contributed by atoms with Gasteiger partial charge in [-0.25, -0.2) is 0 Å². The Kier molecular flexibility index (Phi) is 3.11. The quantitative estimate of drug-likeness (QED) is 0.644. The van der Waals surface area contributed by atoms with Crippen molar-refractivity contribution in [1.29, 1.82) is 0 Å². The summed E-state index contributed by atoms with van der Waals surface area (Å²) < 4.78 is 0. The summed E-state index contributed by atoms with van der Waals surface area (Å²) in [6.45, 7) is 1.99. The molecule has 0 fully saturated rings. The average molecular weight is 194 g/mol. The molecule has 0 spiro atoms. The number of nitrogens with zero attached hydrogens (tertiary/aromatic N) is 1. The number of carbonyl (C=O) groups is 1. The number of hydrogen-bond acceptors (Lipinski definition) is 3. The average Bonchev–Trinajstić information content (AvgIpc) is 2.17. The van der Waals surface area contributed by atoms with E-state index in [0.29, 0.717) is 0 Å². The van der Waals surface area contributed by atoms with Gasteiger partial charge in [-0.1, -0.05) is 31.2 Å². The smallest absolute Gasteiger partial charge is 0.0505 e. The fourth-order valence-electron chi connectivity index (χ4n) is 2.03. The maximum absolute atomic E-state index is 11.0. The van der Waals surface area contributed by atoms with Gasteiger partial charge in [0, 0.05) is 5.92 Å². The van der Waals surface area contributed by atoms with Crippen molar-refractivity contribution in [3.05, 3.63) is 24.3 Å². The van der Waals surface area contributed by atoms with Crippen molar-refractivity contribution in [2.45, 2.75) is 18.9 Å². The summed E-state index contributed by atoms with van der Waals surface area (Å²) >= 11 is 0. The highest BCUT2D eigenvalue weighted by Gasteiger charge is 2.37. The lowest BCUT2D eigenvalue weighted by molar-refractivity contribution is -0.312. The van der Waals surface area contributed by atoms with Gasteiger partial charge in [-0.15, -0.1) is 0 Å². The summed E-state index contributed by atoms with van der Waals surface area (Å²) in [5, 5.41) is 11.0. The van der Waals surface area contributed by atoms with E-state index in [1.165, 1.54) is 0 Å². The Balaban J connectivity index is 3.08. The van der Waals surface area contributed by atoms with Crippen molar-refractivity contribution in [3.63, 3.8) is 0 Å². The highest BCUT2D eigenvalue weighted by molar-refractivity contribution is 5.73. The molecule has 0 radical (unpaired) electrons. The van der Waals surface area contributed by atoms with Crippen molar-refractivity contribution in [2.75, 3.05) is 14.1 Å². The van der Waals surface area contributed by atoms with E-state index in [-0.39, 0.29) is 0 Å². The fourth-order valence-corrected chi connectivity index (χ4v) is 2.03. The molecule has 0 aliphatic heterocycles. The highest BCUT2D eigenvalue weighted by atomic mass is 16.4. The molecule has 0 aromatic heterocycles. The second-order valence-corrected chi connectivity index (χ2v) is 3.78. The van der Waals surface area contributed by atoms with Crippen LogP contribution >= 0.6 is 0 Å². The van der Waals surface area contributed by atoms with Crippen molar-refractivity contribution in [1.82, 2.24) is 4.90 Å². The second kappa shape index (κ2) is 3.96. The normalized spacial score (nSPS) is 31.0. The molecule has 1 rings (SSSR count). The van der Waals surface area contributed by atoms with Crippen molar-refractivity contribution in [3.8, 4) is 0 Å². The summed E-state index contributed by atoms with van der Waals surface area (Å²) in [7, 11) is 3.78. The van der Waals surface area contributed by atoms with Gasteiger partial charge in [0.15, 0.2) is 0 Å². The molecule has 0 saturated heterocycles. The first-order valence-electron chi connectivity index (χ1n) is 4.79. The van der Waals surface area contributed by atoms with Gasteiger partial charge in [-0.2, -0.15) is 0 Å². The Morgan fingerprint density at radius 1 is 1.50 bits per heavy atom. The van der Waals surface area contributed by atoms with Gasteiger partial charge >= 0.3 is 0 Å². The molecule has 0 saturated carbocycles. The number of carbonyl (C=O) groups excluding carboxylic acids is 1. The van der Waals surface area contributed by atoms with Gasteiger partial charge in [0.1, 0.15) is 0 Å². The fraction of sp³-hybridized carbons (Fsp3) is 0.545. The summed E-state index contributed by atoms with van der Waals surface area (Å²) in [5.41, 5.74) is -0.437. The minimum atomic E-state index is -1.01. The third-order valence-corrected chi connectivity index (χ3v) is 2.99. The summed E-state index contributed by atoms with van der Waals surface area (Å²) in [6, 6.07) is 0. The molecule has 0 aromatic carbocycles. The Bertz CT molecular complexity index is 281. The van der Waals surface area contributed by atoms with E-state index in [1.54, 1.807) is 12.2 Å². The first-order chi connectivity index (χ1) is 6.54. The Morgan fingerprint density at radius 2 is 2.14 bits per heavy atom. The van der Waals surface area contributed by atoms with E-state index in [9.17, 15) is 9.90 Å². The molecule has 0 N–H and O–H groups in total. The molecule has 0 amide bonds. The van der Waals surface area contributed by atoms with Gasteiger partial charge in [-0.3, -0.25) is 4.90 Å². The van der Waals surface area contributed by atoms with Gasteiger partial charge in [-0.05, 0) is 20.5 Å². The van der Waals surface area contributed by atoms with E-state index >= 15 is 0 Å². The number of hydrogen-bond donors (Lipinski definition) is 0. The van der Waals surface area contributed by atoms with E-state index in [0.717, 1.165) is 6.42 Å². The number of likely N-dealkylation sites (N-methyl/N-ethyl adjacent to an activating group) is 1. The minimum absolute atomic E-state index is 0.437. The maximum atomic E-state index is 11.0. The van der Waals surface area contributed by atoms with Crippen LogP contribution in [-0.2, 0) is 4.79 Å². The minimum Gasteiger partial charge on any atom is -0.549 e. The van der Waals surface area contributed by atoms with Crippen molar-refractivity contribution < 1.29 is 9.90 Å². The lowest BCUT2D eigenvalue weighted by Crippen LogP contribution is -2.54. The molecule has 78 valence electrons. The lowest BCUT2D eigenvalue weighted by atomic mass is 9.77.